The van der Waals surface area contributed by atoms with E-state index in [2.05, 4.69) is 32.3 Å². The van der Waals surface area contributed by atoms with Crippen LogP contribution in [-0.2, 0) is 0 Å². The molecule has 0 amide bonds. The topological polar surface area (TPSA) is 88.5 Å². The first kappa shape index (κ1) is 23.6. The lowest BCUT2D eigenvalue weighted by Gasteiger charge is -2.15. The van der Waals surface area contributed by atoms with Gasteiger partial charge in [0.15, 0.2) is 17.8 Å². The van der Waals surface area contributed by atoms with E-state index in [1.54, 1.807) is 23.8 Å². The summed E-state index contributed by atoms with van der Waals surface area (Å²) >= 11 is 1.46. The highest BCUT2D eigenvalue weighted by molar-refractivity contribution is 7.20. The van der Waals surface area contributed by atoms with Crippen molar-refractivity contribution in [1.29, 1.82) is 0 Å². The molecule has 0 radical (unpaired) electrons. The number of halogens is 1. The Kier molecular flexibility index (Phi) is 8.13. The summed E-state index contributed by atoms with van der Waals surface area (Å²) < 4.78 is 15.0. The van der Waals surface area contributed by atoms with Gasteiger partial charge >= 0.3 is 0 Å². The summed E-state index contributed by atoms with van der Waals surface area (Å²) in [5.74, 6) is 0.740. The minimum absolute atomic E-state index is 0.306. The normalized spacial score (nSPS) is 12.8. The van der Waals surface area contributed by atoms with Gasteiger partial charge in [0.25, 0.3) is 0 Å². The number of nitrogens with two attached hydrogens (primary N) is 1. The van der Waals surface area contributed by atoms with Crippen LogP contribution in [0.1, 0.15) is 35.1 Å². The largest absolute Gasteiger partial charge is 0.387 e. The van der Waals surface area contributed by atoms with E-state index < -0.39 is 0 Å². The fourth-order valence-corrected chi connectivity index (χ4v) is 4.27. The molecule has 0 aromatic carbocycles. The van der Waals surface area contributed by atoms with E-state index in [4.69, 9.17) is 5.73 Å². The van der Waals surface area contributed by atoms with Crippen molar-refractivity contribution in [3.05, 3.63) is 53.0 Å². The first-order valence-corrected chi connectivity index (χ1v) is 11.4. The molecule has 1 fully saturated rings. The number of anilines is 2. The Labute approximate surface area is 191 Å². The van der Waals surface area contributed by atoms with Gasteiger partial charge in [0.2, 0.25) is 0 Å². The van der Waals surface area contributed by atoms with Crippen molar-refractivity contribution in [2.75, 3.05) is 36.9 Å². The maximum absolute atomic E-state index is 13.3. The van der Waals surface area contributed by atoms with Gasteiger partial charge in [-0.2, -0.15) is 0 Å². The van der Waals surface area contributed by atoms with Crippen LogP contribution in [0.2, 0.25) is 0 Å². The van der Waals surface area contributed by atoms with Crippen molar-refractivity contribution >= 4 is 45.0 Å². The Morgan fingerprint density at radius 3 is 2.59 bits per heavy atom. The van der Waals surface area contributed by atoms with E-state index in [-0.39, 0.29) is 5.82 Å². The molecule has 4 aromatic heterocycles. The molecule has 0 saturated carbocycles. The zero-order valence-corrected chi connectivity index (χ0v) is 19.5. The predicted octanol–water partition coefficient (Wildman–Crippen LogP) is 4.50. The molecule has 170 valence electrons. The number of imidazole rings is 1. The van der Waals surface area contributed by atoms with Gasteiger partial charge in [-0.3, -0.25) is 4.79 Å². The number of aromatic nitrogens is 3. The third kappa shape index (κ3) is 5.60. The molecular weight excluding hydrogens is 427 g/mol. The summed E-state index contributed by atoms with van der Waals surface area (Å²) in [6, 6.07) is 7.43. The van der Waals surface area contributed by atoms with Gasteiger partial charge in [-0.05, 0) is 44.5 Å². The molecule has 1 saturated heterocycles. The van der Waals surface area contributed by atoms with E-state index in [9.17, 15) is 9.18 Å². The average molecular weight is 457 g/mol. The zero-order valence-electron chi connectivity index (χ0n) is 18.6. The standard InChI is InChI=1S/C12H12N2OS.C9H10FN3.C2H7N/c15-8-10-7-9-3-4-11(13-12(9)16-10)14-5-1-2-6-14;1-6-4-13-5-7(11-2)3-8(10)9(13)12-6;1-2-3/h3-4,7-8H,1-2,5-6H2;3-5,11H,1-2H3;2-3H2,1H3. The van der Waals surface area contributed by atoms with E-state index in [1.165, 1.54) is 30.2 Å². The number of rotatable bonds is 3. The molecule has 0 aliphatic carbocycles. The minimum Gasteiger partial charge on any atom is -0.387 e. The lowest BCUT2D eigenvalue weighted by Crippen LogP contribution is -2.18. The Morgan fingerprint density at radius 1 is 1.22 bits per heavy atom. The number of fused-ring (bicyclic) bond motifs is 2. The maximum Gasteiger partial charge on any atom is 0.173 e. The third-order valence-corrected chi connectivity index (χ3v) is 5.82. The van der Waals surface area contributed by atoms with Crippen LogP contribution in [0.5, 0.6) is 0 Å². The lowest BCUT2D eigenvalue weighted by molar-refractivity contribution is 0.112. The molecule has 0 unspecified atom stereocenters. The summed E-state index contributed by atoms with van der Waals surface area (Å²) in [6.45, 7) is 6.69. The number of nitrogens with zero attached hydrogens (tertiary/aromatic N) is 4. The molecular formula is C23H29FN6OS. The van der Waals surface area contributed by atoms with Gasteiger partial charge in [-0.1, -0.05) is 6.92 Å². The van der Waals surface area contributed by atoms with Crippen molar-refractivity contribution in [1.82, 2.24) is 14.4 Å². The molecule has 4 aromatic rings. The van der Waals surface area contributed by atoms with Crippen LogP contribution < -0.4 is 16.0 Å². The molecule has 0 atom stereocenters. The first-order valence-electron chi connectivity index (χ1n) is 10.6. The summed E-state index contributed by atoms with van der Waals surface area (Å²) in [7, 11) is 1.75. The number of hydrogen-bond donors (Lipinski definition) is 2. The van der Waals surface area contributed by atoms with Crippen molar-refractivity contribution in [3.8, 4) is 0 Å². The Hall–Kier alpha value is -3.04. The number of carbonyl (C=O) groups excluding carboxylic acids is 1. The van der Waals surface area contributed by atoms with Crippen LogP contribution in [0.15, 0.2) is 36.7 Å². The van der Waals surface area contributed by atoms with Crippen LogP contribution in [-0.4, -0.2) is 47.3 Å². The maximum atomic E-state index is 13.3. The molecule has 9 heteroatoms. The second-order valence-corrected chi connectivity index (χ2v) is 8.43. The summed E-state index contributed by atoms with van der Waals surface area (Å²) in [6.07, 6.45) is 6.99. The van der Waals surface area contributed by atoms with Gasteiger partial charge in [0, 0.05) is 44.0 Å². The summed E-state index contributed by atoms with van der Waals surface area (Å²) in [5.41, 5.74) is 6.77. The van der Waals surface area contributed by atoms with Crippen LogP contribution in [0.3, 0.4) is 0 Å². The molecule has 1 aliphatic rings. The highest BCUT2D eigenvalue weighted by Crippen LogP contribution is 2.27. The second-order valence-electron chi connectivity index (χ2n) is 7.37. The van der Waals surface area contributed by atoms with Crippen molar-refractivity contribution in [3.63, 3.8) is 0 Å². The highest BCUT2D eigenvalue weighted by atomic mass is 32.1. The smallest absolute Gasteiger partial charge is 0.173 e. The van der Waals surface area contributed by atoms with E-state index in [1.807, 2.05) is 19.9 Å². The molecule has 5 heterocycles. The molecule has 3 N–H and O–H groups in total. The van der Waals surface area contributed by atoms with Crippen LogP contribution in [0, 0.1) is 12.7 Å². The quantitative estimate of drug-likeness (QED) is 0.442. The van der Waals surface area contributed by atoms with E-state index in [0.29, 0.717) is 5.65 Å². The number of carbonyl (C=O) groups is 1. The van der Waals surface area contributed by atoms with Gasteiger partial charge < -0.3 is 20.4 Å². The molecule has 32 heavy (non-hydrogen) atoms. The number of hydrogen-bond acceptors (Lipinski definition) is 7. The fraction of sp³-hybridized carbons (Fsp3) is 0.348. The van der Waals surface area contributed by atoms with Crippen LogP contribution >= 0.6 is 11.3 Å². The molecule has 7 nitrogen and oxygen atoms in total. The number of nitrogens with one attached hydrogen (secondary N) is 1. The van der Waals surface area contributed by atoms with Crippen molar-refractivity contribution in [2.24, 2.45) is 5.73 Å². The van der Waals surface area contributed by atoms with Gasteiger partial charge in [0.05, 0.1) is 16.3 Å². The molecule has 5 rings (SSSR count). The predicted molar refractivity (Wildman–Crippen MR) is 131 cm³/mol. The SMILES string of the molecule is CCN.CNc1cc(F)c2nc(C)cn2c1.O=Cc1cc2ccc(N3CCCC3)nc2s1. The number of pyridine rings is 2. The highest BCUT2D eigenvalue weighted by Gasteiger charge is 2.14. The molecule has 1 aliphatic heterocycles. The second kappa shape index (κ2) is 11.0. The summed E-state index contributed by atoms with van der Waals surface area (Å²) in [5, 5.41) is 3.95. The van der Waals surface area contributed by atoms with Gasteiger partial charge in [-0.25, -0.2) is 14.4 Å². The molecule has 0 spiro atoms. The number of aryl methyl sites for hydroxylation is 1. The van der Waals surface area contributed by atoms with E-state index in [0.717, 1.165) is 58.2 Å². The minimum atomic E-state index is -0.306. The summed E-state index contributed by atoms with van der Waals surface area (Å²) in [4.78, 5) is 23.4. The zero-order chi connectivity index (χ0) is 23.1. The first-order chi connectivity index (χ1) is 15.5. The fourth-order valence-electron chi connectivity index (χ4n) is 3.42. The van der Waals surface area contributed by atoms with Crippen molar-refractivity contribution < 1.29 is 9.18 Å². The lowest BCUT2D eigenvalue weighted by atomic mass is 10.3. The van der Waals surface area contributed by atoms with E-state index >= 15 is 0 Å². The van der Waals surface area contributed by atoms with Crippen LogP contribution in [0.4, 0.5) is 15.9 Å². The Balaban J connectivity index is 0.000000164. The van der Waals surface area contributed by atoms with Crippen molar-refractivity contribution in [2.45, 2.75) is 26.7 Å². The Bertz CT molecular complexity index is 1180. The number of thiophene rings is 1. The average Bonchev–Trinajstić information content (AvgIpc) is 3.53. The third-order valence-electron chi connectivity index (χ3n) is 4.85. The van der Waals surface area contributed by atoms with Gasteiger partial charge in [-0.15, -0.1) is 11.3 Å². The monoisotopic (exact) mass is 456 g/mol. The Morgan fingerprint density at radius 2 is 1.94 bits per heavy atom. The van der Waals surface area contributed by atoms with Gasteiger partial charge in [0.1, 0.15) is 10.6 Å². The number of aldehydes is 1. The van der Waals surface area contributed by atoms with Crippen LogP contribution in [0.25, 0.3) is 15.9 Å². The molecule has 0 bridgehead atoms.